The van der Waals surface area contributed by atoms with E-state index in [1.54, 1.807) is 0 Å². The molecule has 0 spiro atoms. The van der Waals surface area contributed by atoms with E-state index < -0.39 is 15.9 Å². The molecule has 0 unspecified atom stereocenters. The van der Waals surface area contributed by atoms with Crippen molar-refractivity contribution in [3.8, 4) is 0 Å². The Labute approximate surface area is 109 Å². The number of ether oxygens (including phenoxy) is 1. The van der Waals surface area contributed by atoms with E-state index in [4.69, 9.17) is 10.5 Å². The first-order valence-electron chi connectivity index (χ1n) is 5.48. The number of rotatable bonds is 5. The van der Waals surface area contributed by atoms with Crippen LogP contribution in [0.5, 0.6) is 0 Å². The molecule has 0 radical (unpaired) electrons. The molecule has 6 nitrogen and oxygen atoms in total. The van der Waals surface area contributed by atoms with Gasteiger partial charge < -0.3 is 10.5 Å². The van der Waals surface area contributed by atoms with Crippen LogP contribution in [-0.2, 0) is 14.8 Å². The maximum Gasteiger partial charge on any atom is 0.258 e. The number of hydrogen-bond donors (Lipinski definition) is 2. The van der Waals surface area contributed by atoms with Crippen LogP contribution < -0.4 is 10.5 Å². The van der Waals surface area contributed by atoms with E-state index in [1.165, 1.54) is 11.4 Å². The van der Waals surface area contributed by atoms with E-state index in [1.807, 2.05) is 0 Å². The van der Waals surface area contributed by atoms with E-state index in [2.05, 4.69) is 4.72 Å². The molecule has 3 N–H and O–H groups in total. The summed E-state index contributed by atoms with van der Waals surface area (Å²) in [5.74, 6) is -0.624. The van der Waals surface area contributed by atoms with Crippen molar-refractivity contribution in [1.82, 2.24) is 4.72 Å². The molecule has 0 aromatic carbocycles. The number of thiophene rings is 1. The van der Waals surface area contributed by atoms with Crippen molar-refractivity contribution >= 4 is 27.3 Å². The third-order valence-electron chi connectivity index (χ3n) is 2.65. The number of primary amides is 1. The van der Waals surface area contributed by atoms with Crippen molar-refractivity contribution in [1.29, 1.82) is 0 Å². The monoisotopic (exact) mass is 290 g/mol. The van der Waals surface area contributed by atoms with Gasteiger partial charge in [-0.25, -0.2) is 13.1 Å². The van der Waals surface area contributed by atoms with Gasteiger partial charge in [-0.15, -0.1) is 11.3 Å². The smallest absolute Gasteiger partial charge is 0.258 e. The summed E-state index contributed by atoms with van der Waals surface area (Å²) in [6, 6.07) is 1.28. The first-order chi connectivity index (χ1) is 8.49. The van der Waals surface area contributed by atoms with Gasteiger partial charge in [-0.1, -0.05) is 0 Å². The van der Waals surface area contributed by atoms with Crippen molar-refractivity contribution in [3.63, 3.8) is 0 Å². The van der Waals surface area contributed by atoms with E-state index >= 15 is 0 Å². The summed E-state index contributed by atoms with van der Waals surface area (Å²) in [5.41, 5.74) is 5.08. The summed E-state index contributed by atoms with van der Waals surface area (Å²) in [6.45, 7) is 0.931. The lowest BCUT2D eigenvalue weighted by Gasteiger charge is -2.10. The van der Waals surface area contributed by atoms with Gasteiger partial charge in [0.25, 0.3) is 5.91 Å². The minimum absolute atomic E-state index is 0.0611. The molecule has 1 fully saturated rings. The number of carbonyl (C=O) groups is 1. The summed E-state index contributed by atoms with van der Waals surface area (Å²) in [4.78, 5) is 11.2. The van der Waals surface area contributed by atoms with Crippen molar-refractivity contribution in [2.45, 2.75) is 23.8 Å². The minimum Gasteiger partial charge on any atom is -0.377 e. The maximum atomic E-state index is 11.9. The molecule has 1 aromatic rings. The van der Waals surface area contributed by atoms with Crippen LogP contribution in [0.1, 0.15) is 22.5 Å². The largest absolute Gasteiger partial charge is 0.377 e. The van der Waals surface area contributed by atoms with Gasteiger partial charge in [-0.05, 0) is 18.9 Å². The van der Waals surface area contributed by atoms with Crippen LogP contribution in [0, 0.1) is 0 Å². The quantitative estimate of drug-likeness (QED) is 0.815. The van der Waals surface area contributed by atoms with E-state index in [-0.39, 0.29) is 22.4 Å². The molecule has 1 aliphatic heterocycles. The summed E-state index contributed by atoms with van der Waals surface area (Å²) in [5, 5.41) is 1.40. The lowest BCUT2D eigenvalue weighted by molar-refractivity contribution is 0.100. The molecular formula is C10H14N2O4S2. The zero-order chi connectivity index (χ0) is 13.2. The van der Waals surface area contributed by atoms with Crippen molar-refractivity contribution in [3.05, 3.63) is 16.3 Å². The van der Waals surface area contributed by atoms with E-state index in [0.29, 0.717) is 6.61 Å². The molecule has 1 atom stereocenters. The minimum atomic E-state index is -3.59. The standard InChI is InChI=1S/C10H14N2O4S2/c11-10(13)9-4-8(6-17-9)18(14,15)12-5-7-2-1-3-16-7/h4,6-7,12H,1-3,5H2,(H2,11,13)/t7-/m0/s1. The Bertz CT molecular complexity index is 532. The predicted molar refractivity (Wildman–Crippen MR) is 67.0 cm³/mol. The second-order valence-corrected chi connectivity index (χ2v) is 6.68. The maximum absolute atomic E-state index is 11.9. The lowest BCUT2D eigenvalue weighted by atomic mass is 10.2. The lowest BCUT2D eigenvalue weighted by Crippen LogP contribution is -2.31. The van der Waals surface area contributed by atoms with Crippen molar-refractivity contribution in [2.24, 2.45) is 5.73 Å². The molecule has 18 heavy (non-hydrogen) atoms. The Kier molecular flexibility index (Phi) is 4.00. The molecule has 1 saturated heterocycles. The summed E-state index contributed by atoms with van der Waals surface area (Å²) >= 11 is 1.02. The summed E-state index contributed by atoms with van der Waals surface area (Å²) in [6.07, 6.45) is 1.75. The van der Waals surface area contributed by atoms with E-state index in [9.17, 15) is 13.2 Å². The van der Waals surface area contributed by atoms with Gasteiger partial charge in [-0.2, -0.15) is 0 Å². The van der Waals surface area contributed by atoms with Gasteiger partial charge in [0, 0.05) is 18.5 Å². The number of amides is 1. The SMILES string of the molecule is NC(=O)c1cc(S(=O)(=O)NC[C@@H]2CCCO2)cs1. The fourth-order valence-electron chi connectivity index (χ4n) is 1.68. The van der Waals surface area contributed by atoms with Gasteiger partial charge in [-0.3, -0.25) is 4.79 Å². The molecular weight excluding hydrogens is 276 g/mol. The zero-order valence-corrected chi connectivity index (χ0v) is 11.2. The Morgan fingerprint density at radius 3 is 2.94 bits per heavy atom. The van der Waals surface area contributed by atoms with Crippen LogP contribution in [0.4, 0.5) is 0 Å². The molecule has 0 saturated carbocycles. The summed E-state index contributed by atoms with van der Waals surface area (Å²) in [7, 11) is -3.59. The van der Waals surface area contributed by atoms with Gasteiger partial charge >= 0.3 is 0 Å². The molecule has 1 aliphatic rings. The van der Waals surface area contributed by atoms with Crippen molar-refractivity contribution < 1.29 is 17.9 Å². The highest BCUT2D eigenvalue weighted by molar-refractivity contribution is 7.89. The van der Waals surface area contributed by atoms with Crippen LogP contribution in [0.3, 0.4) is 0 Å². The highest BCUT2D eigenvalue weighted by Crippen LogP contribution is 2.19. The highest BCUT2D eigenvalue weighted by atomic mass is 32.2. The predicted octanol–water partition coefficient (Wildman–Crippen LogP) is 0.304. The molecule has 8 heteroatoms. The fraction of sp³-hybridized carbons (Fsp3) is 0.500. The molecule has 2 rings (SSSR count). The molecule has 2 heterocycles. The second kappa shape index (κ2) is 5.35. The van der Waals surface area contributed by atoms with Crippen LogP contribution in [-0.4, -0.2) is 33.6 Å². The van der Waals surface area contributed by atoms with Crippen LogP contribution in [0.2, 0.25) is 0 Å². The van der Waals surface area contributed by atoms with Crippen LogP contribution in [0.15, 0.2) is 16.3 Å². The topological polar surface area (TPSA) is 98.5 Å². The number of nitrogens with one attached hydrogen (secondary N) is 1. The number of sulfonamides is 1. The number of hydrogen-bond acceptors (Lipinski definition) is 5. The average Bonchev–Trinajstić information content (AvgIpc) is 2.98. The summed E-state index contributed by atoms with van der Waals surface area (Å²) < 4.78 is 31.6. The van der Waals surface area contributed by atoms with Gasteiger partial charge in [0.15, 0.2) is 0 Å². The molecule has 0 aliphatic carbocycles. The zero-order valence-electron chi connectivity index (χ0n) is 9.59. The van der Waals surface area contributed by atoms with Gasteiger partial charge in [0.2, 0.25) is 10.0 Å². The Morgan fingerprint density at radius 2 is 2.39 bits per heavy atom. The number of carbonyl (C=O) groups excluding carboxylic acids is 1. The van der Waals surface area contributed by atoms with E-state index in [0.717, 1.165) is 24.2 Å². The normalized spacial score (nSPS) is 20.1. The van der Waals surface area contributed by atoms with Crippen molar-refractivity contribution in [2.75, 3.05) is 13.2 Å². The van der Waals surface area contributed by atoms with Crippen LogP contribution >= 0.6 is 11.3 Å². The average molecular weight is 290 g/mol. The number of nitrogens with two attached hydrogens (primary N) is 1. The molecule has 0 bridgehead atoms. The fourth-order valence-corrected chi connectivity index (χ4v) is 3.87. The Balaban J connectivity index is 2.02. The van der Waals surface area contributed by atoms with Gasteiger partial charge in [0.05, 0.1) is 15.9 Å². The molecule has 1 aromatic heterocycles. The Hall–Kier alpha value is -0.960. The first kappa shape index (κ1) is 13.5. The third kappa shape index (κ3) is 3.08. The van der Waals surface area contributed by atoms with Crippen LogP contribution in [0.25, 0.3) is 0 Å². The third-order valence-corrected chi connectivity index (χ3v) is 5.15. The van der Waals surface area contributed by atoms with Gasteiger partial charge in [0.1, 0.15) is 0 Å². The first-order valence-corrected chi connectivity index (χ1v) is 7.85. The molecule has 100 valence electrons. The Morgan fingerprint density at radius 1 is 1.61 bits per heavy atom. The second-order valence-electron chi connectivity index (χ2n) is 4.00. The highest BCUT2D eigenvalue weighted by Gasteiger charge is 2.21. The molecule has 1 amide bonds.